The summed E-state index contributed by atoms with van der Waals surface area (Å²) in [4.78, 5) is 20.4. The lowest BCUT2D eigenvalue weighted by Gasteiger charge is -2.24. The standard InChI is InChI=1S/C30H32Cl2F2N3O7S/c1-41-37-14-23(31)22(24(32)15-37)13-27(20-5-8-26(44-30(33)34)28(12-20)42-17-18-3-4-18)43-29(38)16-36-10-9-19-11-21(6-7-25(19)36)35-45(2,39)40/h5-8,11-12,14-15,18,27,30,35H,3-4,9-10,13,16-17H2,1-2H3/q+1/t27-/m0/s1. The van der Waals surface area contributed by atoms with Crippen molar-refractivity contribution in [3.8, 4) is 11.5 Å². The van der Waals surface area contributed by atoms with Crippen LogP contribution in [0.15, 0.2) is 48.8 Å². The highest BCUT2D eigenvalue weighted by Gasteiger charge is 2.29. The van der Waals surface area contributed by atoms with E-state index in [9.17, 15) is 22.0 Å². The summed E-state index contributed by atoms with van der Waals surface area (Å²) < 4.78 is 69.9. The summed E-state index contributed by atoms with van der Waals surface area (Å²) in [6.45, 7) is -2.29. The number of benzene rings is 2. The van der Waals surface area contributed by atoms with Crippen molar-refractivity contribution in [1.29, 1.82) is 0 Å². The minimum Gasteiger partial charge on any atom is -0.489 e. The molecule has 1 N–H and O–H groups in total. The molecule has 1 saturated carbocycles. The van der Waals surface area contributed by atoms with Gasteiger partial charge in [0.15, 0.2) is 11.5 Å². The van der Waals surface area contributed by atoms with E-state index >= 15 is 0 Å². The van der Waals surface area contributed by atoms with Crippen LogP contribution in [-0.4, -0.2) is 54.1 Å². The van der Waals surface area contributed by atoms with Crippen molar-refractivity contribution in [2.75, 3.05) is 42.7 Å². The first kappa shape index (κ1) is 32.8. The smallest absolute Gasteiger partial charge is 0.387 e. The van der Waals surface area contributed by atoms with Crippen LogP contribution >= 0.6 is 23.2 Å². The average Bonchev–Trinajstić information content (AvgIpc) is 3.72. The number of aromatic nitrogens is 1. The van der Waals surface area contributed by atoms with Gasteiger partial charge in [-0.3, -0.25) is 14.4 Å². The van der Waals surface area contributed by atoms with Gasteiger partial charge in [0.1, 0.15) is 29.8 Å². The molecule has 1 aliphatic heterocycles. The predicted molar refractivity (Wildman–Crippen MR) is 164 cm³/mol. The highest BCUT2D eigenvalue weighted by atomic mass is 35.5. The number of alkyl halides is 2. The van der Waals surface area contributed by atoms with Gasteiger partial charge in [0, 0.05) is 34.6 Å². The molecule has 0 radical (unpaired) electrons. The number of nitrogens with zero attached hydrogens (tertiary/aromatic N) is 2. The third-order valence-electron chi connectivity index (χ3n) is 7.35. The Morgan fingerprint density at radius 2 is 1.84 bits per heavy atom. The number of carbonyl (C=O) groups is 1. The maximum atomic E-state index is 13.4. The lowest BCUT2D eigenvalue weighted by atomic mass is 10.0. The van der Waals surface area contributed by atoms with Gasteiger partial charge in [-0.1, -0.05) is 29.3 Å². The van der Waals surface area contributed by atoms with E-state index in [0.29, 0.717) is 42.3 Å². The number of hydrogen-bond acceptors (Lipinski definition) is 8. The van der Waals surface area contributed by atoms with E-state index in [-0.39, 0.29) is 34.5 Å². The fourth-order valence-corrected chi connectivity index (χ4v) is 6.18. The van der Waals surface area contributed by atoms with Gasteiger partial charge in [-0.2, -0.15) is 8.78 Å². The highest BCUT2D eigenvalue weighted by Crippen LogP contribution is 2.38. The third kappa shape index (κ3) is 8.80. The Morgan fingerprint density at radius 3 is 2.49 bits per heavy atom. The highest BCUT2D eigenvalue weighted by molar-refractivity contribution is 7.92. The zero-order valence-electron chi connectivity index (χ0n) is 24.5. The van der Waals surface area contributed by atoms with Gasteiger partial charge in [-0.15, -0.1) is 0 Å². The Balaban J connectivity index is 1.40. The van der Waals surface area contributed by atoms with Crippen molar-refractivity contribution in [3.05, 3.63) is 75.5 Å². The molecule has 242 valence electrons. The SMILES string of the molecule is CO[n+]1cc(Cl)c(C[C@H](OC(=O)CN2CCc3cc(NS(C)(=O)=O)ccc32)c2ccc(OC(F)F)c(OCC3CC3)c2)c(Cl)c1. The lowest BCUT2D eigenvalue weighted by Crippen LogP contribution is -2.40. The van der Waals surface area contributed by atoms with E-state index < -0.39 is 28.7 Å². The molecule has 3 aromatic rings. The Bertz CT molecular complexity index is 1650. The Morgan fingerprint density at radius 1 is 1.11 bits per heavy atom. The second-order valence-electron chi connectivity index (χ2n) is 10.9. The van der Waals surface area contributed by atoms with Gasteiger partial charge in [-0.25, -0.2) is 8.42 Å². The fourth-order valence-electron chi connectivity index (χ4n) is 5.03. The summed E-state index contributed by atoms with van der Waals surface area (Å²) in [7, 11) is -1.99. The summed E-state index contributed by atoms with van der Waals surface area (Å²) in [6, 6.07) is 9.53. The fraction of sp³-hybridized carbons (Fsp3) is 0.400. The maximum Gasteiger partial charge on any atom is 0.387 e. The third-order valence-corrected chi connectivity index (χ3v) is 8.61. The number of carbonyl (C=O) groups excluding carboxylic acids is 1. The molecule has 10 nitrogen and oxygen atoms in total. The quantitative estimate of drug-likeness (QED) is 0.187. The molecule has 2 aliphatic rings. The Kier molecular flexibility index (Phi) is 10.1. The zero-order chi connectivity index (χ0) is 32.3. The molecule has 1 aromatic heterocycles. The first-order valence-electron chi connectivity index (χ1n) is 14.1. The number of pyridine rings is 1. The van der Waals surface area contributed by atoms with Crippen molar-refractivity contribution in [1.82, 2.24) is 0 Å². The summed E-state index contributed by atoms with van der Waals surface area (Å²) >= 11 is 13.1. The second kappa shape index (κ2) is 13.8. The van der Waals surface area contributed by atoms with E-state index in [1.807, 2.05) is 4.90 Å². The molecule has 0 saturated heterocycles. The minimum absolute atomic E-state index is 0.0577. The van der Waals surface area contributed by atoms with Gasteiger partial charge in [0.2, 0.25) is 22.4 Å². The molecule has 2 heterocycles. The normalized spacial score (nSPS) is 15.0. The van der Waals surface area contributed by atoms with Gasteiger partial charge in [0.05, 0.1) is 12.9 Å². The number of esters is 1. The predicted octanol–water partition coefficient (Wildman–Crippen LogP) is 4.99. The van der Waals surface area contributed by atoms with Crippen molar-refractivity contribution in [2.45, 2.75) is 38.4 Å². The lowest BCUT2D eigenvalue weighted by molar-refractivity contribution is -0.885. The van der Waals surface area contributed by atoms with E-state index in [1.165, 1.54) is 42.4 Å². The number of nitrogens with one attached hydrogen (secondary N) is 1. The Hall–Kier alpha value is -3.55. The molecule has 2 aromatic carbocycles. The number of sulfonamides is 1. The molecular formula is C30H32Cl2F2N3O7S+. The van der Waals surface area contributed by atoms with Crippen molar-refractivity contribution >= 4 is 50.6 Å². The van der Waals surface area contributed by atoms with Crippen molar-refractivity contribution < 1.29 is 45.8 Å². The van der Waals surface area contributed by atoms with Crippen LogP contribution < -0.4 is 28.7 Å². The molecule has 0 bridgehead atoms. The van der Waals surface area contributed by atoms with Crippen molar-refractivity contribution in [3.63, 3.8) is 0 Å². The van der Waals surface area contributed by atoms with Crippen LogP contribution in [0.3, 0.4) is 0 Å². The number of fused-ring (bicyclic) bond motifs is 1. The average molecular weight is 688 g/mol. The summed E-state index contributed by atoms with van der Waals surface area (Å²) in [5.41, 5.74) is 3.05. The largest absolute Gasteiger partial charge is 0.489 e. The first-order valence-corrected chi connectivity index (χ1v) is 16.7. The topological polar surface area (TPSA) is 107 Å². The molecule has 45 heavy (non-hydrogen) atoms. The molecule has 0 unspecified atom stereocenters. The van der Waals surface area contributed by atoms with Crippen LogP contribution in [0, 0.1) is 5.92 Å². The molecule has 0 spiro atoms. The van der Waals surface area contributed by atoms with E-state index in [0.717, 1.165) is 30.3 Å². The molecule has 0 amide bonds. The van der Waals surface area contributed by atoms with Gasteiger partial charge in [0.25, 0.3) is 0 Å². The maximum absolute atomic E-state index is 13.4. The molecule has 1 fully saturated rings. The van der Waals surface area contributed by atoms with Crippen LogP contribution in [0.25, 0.3) is 0 Å². The monoisotopic (exact) mass is 686 g/mol. The van der Waals surface area contributed by atoms with Crippen molar-refractivity contribution in [2.24, 2.45) is 5.92 Å². The summed E-state index contributed by atoms with van der Waals surface area (Å²) in [5.74, 6) is -0.239. The van der Waals surface area contributed by atoms with Crippen LogP contribution in [0.1, 0.15) is 35.6 Å². The van der Waals surface area contributed by atoms with Gasteiger partial charge < -0.3 is 19.1 Å². The summed E-state index contributed by atoms with van der Waals surface area (Å²) in [6.07, 6.45) is 5.82. The molecule has 5 rings (SSSR count). The van der Waals surface area contributed by atoms with E-state index in [1.54, 1.807) is 18.2 Å². The Labute approximate surface area is 269 Å². The number of rotatable bonds is 14. The van der Waals surface area contributed by atoms with Gasteiger partial charge in [-0.05, 0) is 66.6 Å². The number of ether oxygens (including phenoxy) is 3. The van der Waals surface area contributed by atoms with E-state index in [4.69, 9.17) is 37.5 Å². The molecular weight excluding hydrogens is 655 g/mol. The number of anilines is 2. The zero-order valence-corrected chi connectivity index (χ0v) is 26.8. The first-order chi connectivity index (χ1) is 21.4. The van der Waals surface area contributed by atoms with Crippen LogP contribution in [0.4, 0.5) is 20.2 Å². The second-order valence-corrected chi connectivity index (χ2v) is 13.4. The van der Waals surface area contributed by atoms with E-state index in [2.05, 4.69) is 9.46 Å². The number of hydrogen-bond donors (Lipinski definition) is 1. The molecule has 1 aliphatic carbocycles. The van der Waals surface area contributed by atoms with Crippen LogP contribution in [0.5, 0.6) is 11.5 Å². The molecule has 15 heteroatoms. The van der Waals surface area contributed by atoms with Crippen LogP contribution in [0.2, 0.25) is 10.0 Å². The van der Waals surface area contributed by atoms with Gasteiger partial charge >= 0.3 is 12.6 Å². The summed E-state index contributed by atoms with van der Waals surface area (Å²) in [5, 5.41) is 0.528. The molecule has 1 atom stereocenters. The minimum atomic E-state index is -3.44. The van der Waals surface area contributed by atoms with Crippen LogP contribution in [-0.2, 0) is 32.4 Å². The number of halogens is 4.